The van der Waals surface area contributed by atoms with E-state index < -0.39 is 30.3 Å². The van der Waals surface area contributed by atoms with Gasteiger partial charge < -0.3 is 42.6 Å². The van der Waals surface area contributed by atoms with E-state index in [0.717, 1.165) is 11.1 Å². The maximum absolute atomic E-state index is 6.35. The van der Waals surface area contributed by atoms with E-state index in [2.05, 4.69) is 0 Å². The lowest BCUT2D eigenvalue weighted by Gasteiger charge is -2.38. The van der Waals surface area contributed by atoms with Gasteiger partial charge in [-0.2, -0.15) is 0 Å². The largest absolute Gasteiger partial charge is 0.374 e. The third kappa shape index (κ3) is 7.07. The Bertz CT molecular complexity index is 1150. The second kappa shape index (κ2) is 12.2. The molecule has 0 unspecified atom stereocenters. The summed E-state index contributed by atoms with van der Waals surface area (Å²) in [4.78, 5) is 0. The van der Waals surface area contributed by atoms with E-state index in [9.17, 15) is 0 Å². The molecular formula is C32H40O9. The van der Waals surface area contributed by atoms with Gasteiger partial charge in [0.25, 0.3) is 0 Å². The molecule has 222 valence electrons. The molecular weight excluding hydrogens is 528 g/mol. The Morgan fingerprint density at radius 2 is 1.24 bits per heavy atom. The zero-order valence-corrected chi connectivity index (χ0v) is 24.0. The number of fused-ring (bicyclic) bond motifs is 3. The van der Waals surface area contributed by atoms with Crippen molar-refractivity contribution in [2.45, 2.75) is 102 Å². The van der Waals surface area contributed by atoms with Crippen LogP contribution in [0.3, 0.4) is 0 Å². The summed E-state index contributed by atoms with van der Waals surface area (Å²) in [5, 5.41) is 0. The van der Waals surface area contributed by atoms with Crippen LogP contribution in [0.4, 0.5) is 0 Å². The van der Waals surface area contributed by atoms with E-state index in [1.54, 1.807) is 0 Å². The number of ether oxygens (including phenoxy) is 9. The number of hydrogen-bond donors (Lipinski definition) is 0. The summed E-state index contributed by atoms with van der Waals surface area (Å²) in [7, 11) is 0. The zero-order valence-electron chi connectivity index (χ0n) is 24.0. The van der Waals surface area contributed by atoms with Crippen LogP contribution in [0.15, 0.2) is 72.8 Å². The SMILES string of the molecule is CC1(C)O[C@H]2[C@@H](O1)[C@@H](CO[C@H]1C=C[C@@H](OCc3ccccc3)[C@@H](COCc3ccccc3)O1)O[C@H]1OC(C)(C)O[C@@H]12. The van der Waals surface area contributed by atoms with Crippen molar-refractivity contribution in [1.82, 2.24) is 0 Å². The number of benzene rings is 2. The number of hydrogen-bond acceptors (Lipinski definition) is 9. The topological polar surface area (TPSA) is 83.1 Å². The fraction of sp³-hybridized carbons (Fsp3) is 0.562. The molecule has 41 heavy (non-hydrogen) atoms. The van der Waals surface area contributed by atoms with Gasteiger partial charge in [-0.3, -0.25) is 0 Å². The van der Waals surface area contributed by atoms with Gasteiger partial charge in [0.15, 0.2) is 24.2 Å². The molecule has 2 aromatic carbocycles. The highest BCUT2D eigenvalue weighted by atomic mass is 16.9. The molecule has 3 saturated heterocycles. The quantitative estimate of drug-likeness (QED) is 0.385. The van der Waals surface area contributed by atoms with E-state index >= 15 is 0 Å². The van der Waals surface area contributed by atoms with Crippen LogP contribution in [0.2, 0.25) is 0 Å². The van der Waals surface area contributed by atoms with Crippen molar-refractivity contribution in [2.75, 3.05) is 13.2 Å². The van der Waals surface area contributed by atoms with Crippen molar-refractivity contribution in [2.24, 2.45) is 0 Å². The van der Waals surface area contributed by atoms with E-state index in [0.29, 0.717) is 19.8 Å². The first-order chi connectivity index (χ1) is 19.7. The molecule has 0 saturated carbocycles. The second-order valence-corrected chi connectivity index (χ2v) is 11.7. The van der Waals surface area contributed by atoms with E-state index in [1.807, 2.05) is 101 Å². The Hall–Kier alpha value is -2.18. The Morgan fingerprint density at radius 1 is 0.610 bits per heavy atom. The minimum absolute atomic E-state index is 0.218. The molecule has 0 aromatic heterocycles. The van der Waals surface area contributed by atoms with Crippen molar-refractivity contribution >= 4 is 0 Å². The van der Waals surface area contributed by atoms with Gasteiger partial charge in [-0.05, 0) is 44.9 Å². The highest BCUT2D eigenvalue weighted by molar-refractivity contribution is 5.14. The van der Waals surface area contributed by atoms with Crippen molar-refractivity contribution in [3.05, 3.63) is 83.9 Å². The molecule has 0 amide bonds. The Kier molecular flexibility index (Phi) is 8.61. The predicted molar refractivity (Wildman–Crippen MR) is 147 cm³/mol. The second-order valence-electron chi connectivity index (χ2n) is 11.7. The van der Waals surface area contributed by atoms with Crippen LogP contribution in [0.1, 0.15) is 38.8 Å². The lowest BCUT2D eigenvalue weighted by Crippen LogP contribution is -2.56. The van der Waals surface area contributed by atoms with Gasteiger partial charge >= 0.3 is 0 Å². The van der Waals surface area contributed by atoms with Gasteiger partial charge in [0, 0.05) is 0 Å². The number of rotatable bonds is 10. The Morgan fingerprint density at radius 3 is 1.98 bits per heavy atom. The molecule has 0 spiro atoms. The standard InChI is InChI=1S/C32H40O9/c1-31(2)38-27-25(37-30-29(28(27)39-31)40-32(3,4)41-30)20-35-26-16-15-23(34-18-22-13-9-6-10-14-22)24(36-26)19-33-17-21-11-7-5-8-12-21/h5-16,23-30H,17-20H2,1-4H3/t23-,24-,25-,26-,27+,28+,29-,30+/m1/s1. The highest BCUT2D eigenvalue weighted by Gasteiger charge is 2.60. The summed E-state index contributed by atoms with van der Waals surface area (Å²) in [6.45, 7) is 9.03. The minimum Gasteiger partial charge on any atom is -0.374 e. The molecule has 4 heterocycles. The van der Waals surface area contributed by atoms with Crippen molar-refractivity contribution < 1.29 is 42.6 Å². The Balaban J connectivity index is 1.09. The van der Waals surface area contributed by atoms with Gasteiger partial charge in [-0.1, -0.05) is 66.7 Å². The highest BCUT2D eigenvalue weighted by Crippen LogP contribution is 2.44. The molecule has 0 aliphatic carbocycles. The molecule has 4 aliphatic heterocycles. The summed E-state index contributed by atoms with van der Waals surface area (Å²) in [6.07, 6.45) is 0.507. The van der Waals surface area contributed by atoms with E-state index in [4.69, 9.17) is 42.6 Å². The van der Waals surface area contributed by atoms with Crippen LogP contribution in [-0.2, 0) is 55.8 Å². The first-order valence-corrected chi connectivity index (χ1v) is 14.3. The zero-order chi connectivity index (χ0) is 28.5. The molecule has 2 aromatic rings. The molecule has 0 bridgehead atoms. The summed E-state index contributed by atoms with van der Waals surface area (Å²) < 4.78 is 55.7. The van der Waals surface area contributed by atoms with Crippen LogP contribution in [0, 0.1) is 0 Å². The average Bonchev–Trinajstić information content (AvgIpc) is 3.46. The molecule has 9 nitrogen and oxygen atoms in total. The smallest absolute Gasteiger partial charge is 0.190 e. The van der Waals surface area contributed by atoms with Crippen LogP contribution in [-0.4, -0.2) is 74.0 Å². The predicted octanol–water partition coefficient (Wildman–Crippen LogP) is 4.48. The molecule has 0 radical (unpaired) electrons. The first-order valence-electron chi connectivity index (χ1n) is 14.3. The van der Waals surface area contributed by atoms with Crippen molar-refractivity contribution in [3.8, 4) is 0 Å². The van der Waals surface area contributed by atoms with Crippen molar-refractivity contribution in [1.29, 1.82) is 0 Å². The molecule has 9 heteroatoms. The molecule has 4 aliphatic rings. The van der Waals surface area contributed by atoms with E-state index in [1.165, 1.54) is 0 Å². The summed E-state index contributed by atoms with van der Waals surface area (Å²) >= 11 is 0. The van der Waals surface area contributed by atoms with Gasteiger partial charge in [-0.15, -0.1) is 0 Å². The maximum Gasteiger partial charge on any atom is 0.190 e. The third-order valence-electron chi connectivity index (χ3n) is 7.49. The lowest BCUT2D eigenvalue weighted by molar-refractivity contribution is -0.260. The van der Waals surface area contributed by atoms with Gasteiger partial charge in [0.1, 0.15) is 36.6 Å². The summed E-state index contributed by atoms with van der Waals surface area (Å²) in [5.74, 6) is -1.55. The fourth-order valence-corrected chi connectivity index (χ4v) is 5.66. The fourth-order valence-electron chi connectivity index (χ4n) is 5.66. The molecule has 3 fully saturated rings. The normalized spacial score (nSPS) is 35.2. The average molecular weight is 569 g/mol. The Labute approximate surface area is 241 Å². The molecule has 0 N–H and O–H groups in total. The maximum atomic E-state index is 6.35. The van der Waals surface area contributed by atoms with Gasteiger partial charge in [-0.25, -0.2) is 0 Å². The molecule has 6 rings (SSSR count). The van der Waals surface area contributed by atoms with E-state index in [-0.39, 0.29) is 37.1 Å². The summed E-state index contributed by atoms with van der Waals surface area (Å²) in [5.41, 5.74) is 2.19. The lowest BCUT2D eigenvalue weighted by atomic mass is 9.99. The van der Waals surface area contributed by atoms with Crippen LogP contribution >= 0.6 is 0 Å². The molecule has 8 atom stereocenters. The van der Waals surface area contributed by atoms with Gasteiger partial charge in [0.2, 0.25) is 0 Å². The summed E-state index contributed by atoms with van der Waals surface area (Å²) in [6, 6.07) is 20.1. The first kappa shape index (κ1) is 28.9. The van der Waals surface area contributed by atoms with Crippen LogP contribution in [0.25, 0.3) is 0 Å². The monoisotopic (exact) mass is 568 g/mol. The minimum atomic E-state index is -0.775. The van der Waals surface area contributed by atoms with Gasteiger partial charge in [0.05, 0.1) is 26.4 Å². The van der Waals surface area contributed by atoms with Crippen LogP contribution < -0.4 is 0 Å². The van der Waals surface area contributed by atoms with Crippen LogP contribution in [0.5, 0.6) is 0 Å². The third-order valence-corrected chi connectivity index (χ3v) is 7.49. The van der Waals surface area contributed by atoms with Crippen molar-refractivity contribution in [3.63, 3.8) is 0 Å².